The van der Waals surface area contributed by atoms with Crippen molar-refractivity contribution in [2.45, 2.75) is 33.4 Å². The molecule has 3 amide bonds. The van der Waals surface area contributed by atoms with Crippen LogP contribution in [0.3, 0.4) is 0 Å². The highest BCUT2D eigenvalue weighted by Crippen LogP contribution is 2.27. The molecule has 0 aliphatic rings. The summed E-state index contributed by atoms with van der Waals surface area (Å²) in [5.41, 5.74) is 0.992. The molecule has 2 heterocycles. The van der Waals surface area contributed by atoms with E-state index in [0.717, 1.165) is 0 Å². The maximum absolute atomic E-state index is 12.9. The SMILES string of the molecule is COc1ccc(C(=O)N[C@@H](C(=O)Nc2nc(-c3ccc(CNC(C)=O)o3)cs2)C(C)C)cc1. The number of aromatic nitrogens is 1. The van der Waals surface area contributed by atoms with Gasteiger partial charge in [0.15, 0.2) is 10.9 Å². The molecular weight excluding hydrogens is 444 g/mol. The molecule has 0 unspecified atom stereocenters. The number of furan rings is 1. The van der Waals surface area contributed by atoms with Crippen LogP contribution in [0.5, 0.6) is 5.75 Å². The van der Waals surface area contributed by atoms with Crippen molar-refractivity contribution in [2.24, 2.45) is 5.92 Å². The summed E-state index contributed by atoms with van der Waals surface area (Å²) in [6.45, 7) is 5.42. The molecule has 0 spiro atoms. The second-order valence-electron chi connectivity index (χ2n) is 7.63. The van der Waals surface area contributed by atoms with Crippen LogP contribution in [0.4, 0.5) is 5.13 Å². The predicted octanol–water partition coefficient (Wildman–Crippen LogP) is 3.44. The number of hydrogen-bond donors (Lipinski definition) is 3. The summed E-state index contributed by atoms with van der Waals surface area (Å²) in [5, 5.41) is 10.4. The molecule has 33 heavy (non-hydrogen) atoms. The Bertz CT molecular complexity index is 1120. The van der Waals surface area contributed by atoms with Gasteiger partial charge < -0.3 is 25.1 Å². The number of amides is 3. The van der Waals surface area contributed by atoms with Crippen molar-refractivity contribution in [3.05, 3.63) is 53.1 Å². The minimum Gasteiger partial charge on any atom is -0.497 e. The van der Waals surface area contributed by atoms with Crippen LogP contribution in [0.15, 0.2) is 46.2 Å². The van der Waals surface area contributed by atoms with Gasteiger partial charge >= 0.3 is 0 Å². The molecule has 1 atom stereocenters. The highest BCUT2D eigenvalue weighted by atomic mass is 32.1. The monoisotopic (exact) mass is 470 g/mol. The highest BCUT2D eigenvalue weighted by molar-refractivity contribution is 7.14. The molecule has 3 rings (SSSR count). The molecule has 0 bridgehead atoms. The number of benzene rings is 1. The number of carbonyl (C=O) groups excluding carboxylic acids is 3. The number of anilines is 1. The zero-order chi connectivity index (χ0) is 24.0. The number of nitrogens with one attached hydrogen (secondary N) is 3. The molecule has 0 aliphatic carbocycles. The van der Waals surface area contributed by atoms with Crippen molar-refractivity contribution in [3.8, 4) is 17.2 Å². The Morgan fingerprint density at radius 3 is 2.48 bits per heavy atom. The summed E-state index contributed by atoms with van der Waals surface area (Å²) in [6.07, 6.45) is 0. The molecule has 0 fully saturated rings. The average molecular weight is 471 g/mol. The lowest BCUT2D eigenvalue weighted by Gasteiger charge is -2.21. The highest BCUT2D eigenvalue weighted by Gasteiger charge is 2.25. The number of thiazole rings is 1. The Morgan fingerprint density at radius 1 is 1.12 bits per heavy atom. The minimum atomic E-state index is -0.750. The number of rotatable bonds is 9. The molecule has 0 saturated heterocycles. The summed E-state index contributed by atoms with van der Waals surface area (Å²) < 4.78 is 10.8. The summed E-state index contributed by atoms with van der Waals surface area (Å²) in [6, 6.07) is 9.41. The summed E-state index contributed by atoms with van der Waals surface area (Å²) in [5.74, 6) is 0.758. The Hall–Kier alpha value is -3.66. The normalized spacial score (nSPS) is 11.7. The van der Waals surface area contributed by atoms with Crippen molar-refractivity contribution in [3.63, 3.8) is 0 Å². The lowest BCUT2D eigenvalue weighted by molar-refractivity contribution is -0.119. The van der Waals surface area contributed by atoms with E-state index in [1.807, 2.05) is 13.8 Å². The number of ether oxygens (including phenoxy) is 1. The quantitative estimate of drug-likeness (QED) is 0.440. The van der Waals surface area contributed by atoms with Gasteiger partial charge in [-0.3, -0.25) is 14.4 Å². The van der Waals surface area contributed by atoms with E-state index < -0.39 is 6.04 Å². The van der Waals surface area contributed by atoms with Crippen LogP contribution in [-0.4, -0.2) is 35.9 Å². The molecule has 0 radical (unpaired) electrons. The lowest BCUT2D eigenvalue weighted by Crippen LogP contribution is -2.47. The Morgan fingerprint density at radius 2 is 1.85 bits per heavy atom. The van der Waals surface area contributed by atoms with Gasteiger partial charge in [0.05, 0.1) is 13.7 Å². The standard InChI is InChI=1S/C23H26N4O5S/c1-13(2)20(26-21(29)15-5-7-16(31-4)8-6-15)22(30)27-23-25-18(12-33-23)19-10-9-17(32-19)11-24-14(3)28/h5-10,12-13,20H,11H2,1-4H3,(H,24,28)(H,26,29)(H,25,27,30)/t20-/m1/s1. The first-order valence-corrected chi connectivity index (χ1v) is 11.2. The molecule has 0 aliphatic heterocycles. The second kappa shape index (κ2) is 10.8. The van der Waals surface area contributed by atoms with E-state index in [1.54, 1.807) is 48.9 Å². The molecule has 3 aromatic rings. The fourth-order valence-corrected chi connectivity index (χ4v) is 3.65. The van der Waals surface area contributed by atoms with E-state index >= 15 is 0 Å². The molecule has 174 valence electrons. The van der Waals surface area contributed by atoms with E-state index in [-0.39, 0.29) is 30.2 Å². The fraction of sp³-hybridized carbons (Fsp3) is 0.304. The summed E-state index contributed by atoms with van der Waals surface area (Å²) in [4.78, 5) is 40.9. The lowest BCUT2D eigenvalue weighted by atomic mass is 10.0. The molecule has 10 heteroatoms. The van der Waals surface area contributed by atoms with E-state index in [9.17, 15) is 14.4 Å². The van der Waals surface area contributed by atoms with Crippen molar-refractivity contribution < 1.29 is 23.5 Å². The Kier molecular flexibility index (Phi) is 7.83. The third kappa shape index (κ3) is 6.42. The molecule has 1 aromatic carbocycles. The number of methoxy groups -OCH3 is 1. The van der Waals surface area contributed by atoms with Gasteiger partial charge in [0.2, 0.25) is 11.8 Å². The van der Waals surface area contributed by atoms with Crippen LogP contribution in [0.2, 0.25) is 0 Å². The van der Waals surface area contributed by atoms with Gasteiger partial charge in [0, 0.05) is 17.9 Å². The smallest absolute Gasteiger partial charge is 0.251 e. The predicted molar refractivity (Wildman–Crippen MR) is 125 cm³/mol. The molecule has 3 N–H and O–H groups in total. The minimum absolute atomic E-state index is 0.145. The van der Waals surface area contributed by atoms with Gasteiger partial charge in [0.1, 0.15) is 23.2 Å². The van der Waals surface area contributed by atoms with Crippen molar-refractivity contribution in [2.75, 3.05) is 12.4 Å². The first kappa shape index (κ1) is 24.0. The molecule has 0 saturated carbocycles. The van der Waals surface area contributed by atoms with E-state index in [2.05, 4.69) is 20.9 Å². The van der Waals surface area contributed by atoms with Crippen LogP contribution < -0.4 is 20.7 Å². The maximum Gasteiger partial charge on any atom is 0.251 e. The van der Waals surface area contributed by atoms with Gasteiger partial charge in [0.25, 0.3) is 5.91 Å². The molecule has 9 nitrogen and oxygen atoms in total. The van der Waals surface area contributed by atoms with Crippen LogP contribution in [0.25, 0.3) is 11.5 Å². The van der Waals surface area contributed by atoms with Gasteiger partial charge in [-0.15, -0.1) is 11.3 Å². The largest absolute Gasteiger partial charge is 0.497 e. The maximum atomic E-state index is 12.9. The zero-order valence-electron chi connectivity index (χ0n) is 18.8. The Labute approximate surface area is 195 Å². The second-order valence-corrected chi connectivity index (χ2v) is 8.48. The van der Waals surface area contributed by atoms with Gasteiger partial charge in [-0.2, -0.15) is 0 Å². The average Bonchev–Trinajstić information content (AvgIpc) is 3.45. The summed E-state index contributed by atoms with van der Waals surface area (Å²) in [7, 11) is 1.55. The van der Waals surface area contributed by atoms with Gasteiger partial charge in [-0.25, -0.2) is 4.98 Å². The van der Waals surface area contributed by atoms with E-state index in [4.69, 9.17) is 9.15 Å². The molecular formula is C23H26N4O5S. The third-order valence-corrected chi connectivity index (χ3v) is 5.51. The van der Waals surface area contributed by atoms with Gasteiger partial charge in [-0.05, 0) is 42.3 Å². The summed E-state index contributed by atoms with van der Waals surface area (Å²) >= 11 is 1.25. The fourth-order valence-electron chi connectivity index (χ4n) is 2.95. The van der Waals surface area contributed by atoms with Crippen molar-refractivity contribution >= 4 is 34.2 Å². The van der Waals surface area contributed by atoms with Crippen LogP contribution >= 0.6 is 11.3 Å². The number of hydrogen-bond acceptors (Lipinski definition) is 7. The van der Waals surface area contributed by atoms with Crippen LogP contribution in [0, 0.1) is 5.92 Å². The topological polar surface area (TPSA) is 123 Å². The third-order valence-electron chi connectivity index (χ3n) is 4.75. The Balaban J connectivity index is 1.64. The van der Waals surface area contributed by atoms with Crippen LogP contribution in [0.1, 0.15) is 36.9 Å². The van der Waals surface area contributed by atoms with Crippen molar-refractivity contribution in [1.82, 2.24) is 15.6 Å². The van der Waals surface area contributed by atoms with Crippen molar-refractivity contribution in [1.29, 1.82) is 0 Å². The zero-order valence-corrected chi connectivity index (χ0v) is 19.6. The van der Waals surface area contributed by atoms with E-state index in [0.29, 0.717) is 33.7 Å². The van der Waals surface area contributed by atoms with E-state index in [1.165, 1.54) is 18.3 Å². The van der Waals surface area contributed by atoms with Crippen LogP contribution in [-0.2, 0) is 16.1 Å². The van der Waals surface area contributed by atoms with Gasteiger partial charge in [-0.1, -0.05) is 13.8 Å². The first-order chi connectivity index (χ1) is 15.8. The first-order valence-electron chi connectivity index (χ1n) is 10.3. The number of carbonyl (C=O) groups is 3. The molecule has 2 aromatic heterocycles. The number of nitrogens with zero attached hydrogens (tertiary/aromatic N) is 1.